The second kappa shape index (κ2) is 31.1. The van der Waals surface area contributed by atoms with E-state index in [4.69, 9.17) is 45.0 Å². The molecule has 0 radical (unpaired) electrons. The van der Waals surface area contributed by atoms with E-state index in [0.717, 1.165) is 6.42 Å². The zero-order valence-electron chi connectivity index (χ0n) is 25.9. The van der Waals surface area contributed by atoms with E-state index in [1.807, 2.05) is 27.0 Å². The van der Waals surface area contributed by atoms with Crippen molar-refractivity contribution in [3.63, 3.8) is 0 Å². The fourth-order valence-electron chi connectivity index (χ4n) is 2.91. The van der Waals surface area contributed by atoms with Crippen LogP contribution in [0.5, 0.6) is 5.75 Å². The Morgan fingerprint density at radius 2 is 1.72 bits per heavy atom. The molecule has 0 fully saturated rings. The van der Waals surface area contributed by atoms with Gasteiger partial charge in [-0.15, -0.1) is 0 Å². The molecule has 0 aliphatic carbocycles. The fourth-order valence-corrected chi connectivity index (χ4v) is 4.85. The maximum atomic E-state index is 12.5. The Kier molecular flexibility index (Phi) is 32.0. The first-order valence-electron chi connectivity index (χ1n) is 13.9. The Balaban J connectivity index is 0. The number of carbonyl (C=O) groups excluding carboxylic acids is 1. The largest absolute Gasteiger partial charge is 0.655 e. The van der Waals surface area contributed by atoms with Crippen molar-refractivity contribution in [2.75, 3.05) is 92.1 Å². The van der Waals surface area contributed by atoms with Gasteiger partial charge in [0.2, 0.25) is 0 Å². The normalized spacial score (nSPS) is 11.8. The topological polar surface area (TPSA) is 155 Å². The first-order chi connectivity index (χ1) is 20.3. The summed E-state index contributed by atoms with van der Waals surface area (Å²) in [6, 6.07) is 7.01. The minimum absolute atomic E-state index is 0. The molecular formula is C29H50N3O8S2W-. The maximum Gasteiger partial charge on any atom is 0.251 e. The van der Waals surface area contributed by atoms with Crippen LogP contribution in [0.3, 0.4) is 0 Å². The van der Waals surface area contributed by atoms with Crippen molar-refractivity contribution in [3.8, 4) is 17.6 Å². The number of nitrogens with two attached hydrogens (primary N) is 1. The van der Waals surface area contributed by atoms with Crippen LogP contribution in [0.15, 0.2) is 24.3 Å². The van der Waals surface area contributed by atoms with Crippen LogP contribution < -0.4 is 15.8 Å². The van der Waals surface area contributed by atoms with Crippen molar-refractivity contribution in [2.45, 2.75) is 32.1 Å². The number of hydrogen-bond acceptors (Lipinski definition) is 11. The van der Waals surface area contributed by atoms with Crippen LogP contribution >= 0.6 is 21.6 Å². The summed E-state index contributed by atoms with van der Waals surface area (Å²) in [4.78, 5) is 11.9. The molecule has 0 bridgehead atoms. The Morgan fingerprint density at radius 3 is 2.30 bits per heavy atom. The molecule has 0 aliphatic rings. The minimum Gasteiger partial charge on any atom is -0.655 e. The average Bonchev–Trinajstić information content (AvgIpc) is 2.98. The number of amides is 1. The van der Waals surface area contributed by atoms with Gasteiger partial charge in [-0.3, -0.25) is 4.79 Å². The van der Waals surface area contributed by atoms with E-state index in [0.29, 0.717) is 89.8 Å². The third-order valence-corrected chi connectivity index (χ3v) is 7.15. The van der Waals surface area contributed by atoms with Crippen molar-refractivity contribution in [1.82, 2.24) is 5.32 Å². The van der Waals surface area contributed by atoms with Crippen molar-refractivity contribution in [1.29, 1.82) is 0 Å². The van der Waals surface area contributed by atoms with Gasteiger partial charge in [0.05, 0.1) is 46.2 Å². The maximum absolute atomic E-state index is 12.5. The Bertz CT molecular complexity index is 865. The van der Waals surface area contributed by atoms with E-state index in [9.17, 15) is 4.79 Å². The number of rotatable bonds is 23. The van der Waals surface area contributed by atoms with E-state index < -0.39 is 4.93 Å². The molecule has 43 heavy (non-hydrogen) atoms. The zero-order chi connectivity index (χ0) is 31.3. The molecule has 5 N–H and O–H groups in total. The van der Waals surface area contributed by atoms with Crippen LogP contribution in [-0.2, 0) is 44.7 Å². The molecule has 1 unspecified atom stereocenters. The molecule has 0 aliphatic heterocycles. The number of benzene rings is 1. The van der Waals surface area contributed by atoms with Gasteiger partial charge in [-0.1, -0.05) is 53.3 Å². The summed E-state index contributed by atoms with van der Waals surface area (Å²) in [6.45, 7) is 10.9. The Morgan fingerprint density at radius 1 is 1.07 bits per heavy atom. The van der Waals surface area contributed by atoms with Crippen LogP contribution in [0.25, 0.3) is 5.73 Å². The van der Waals surface area contributed by atoms with Crippen molar-refractivity contribution < 1.29 is 59.4 Å². The van der Waals surface area contributed by atoms with Crippen LogP contribution in [0.4, 0.5) is 0 Å². The van der Waals surface area contributed by atoms with Gasteiger partial charge >= 0.3 is 0 Å². The second-order valence-electron chi connectivity index (χ2n) is 8.97. The first-order valence-corrected chi connectivity index (χ1v) is 16.5. The summed E-state index contributed by atoms with van der Waals surface area (Å²) < 4.78 is 33.1. The van der Waals surface area contributed by atoms with E-state index in [-0.39, 0.29) is 40.3 Å². The Labute approximate surface area is 280 Å². The predicted octanol–water partition coefficient (Wildman–Crippen LogP) is 3.60. The van der Waals surface area contributed by atoms with Gasteiger partial charge in [0, 0.05) is 45.7 Å². The molecule has 0 saturated carbocycles. The molecule has 1 aromatic rings. The van der Waals surface area contributed by atoms with Crippen LogP contribution in [-0.4, -0.2) is 108 Å². The fraction of sp³-hybridized carbons (Fsp3) is 0.690. The summed E-state index contributed by atoms with van der Waals surface area (Å²) in [7, 11) is 3.12. The smallest absolute Gasteiger partial charge is 0.251 e. The van der Waals surface area contributed by atoms with Crippen LogP contribution in [0.2, 0.25) is 0 Å². The van der Waals surface area contributed by atoms with E-state index >= 15 is 0 Å². The van der Waals surface area contributed by atoms with Gasteiger partial charge in [0.1, 0.15) is 19.0 Å². The number of nitrogens with one attached hydrogen (secondary N) is 2. The van der Waals surface area contributed by atoms with E-state index in [1.165, 1.54) is 0 Å². The summed E-state index contributed by atoms with van der Waals surface area (Å²) in [5.74, 6) is 6.11. The molecule has 14 heteroatoms. The van der Waals surface area contributed by atoms with Gasteiger partial charge in [0.25, 0.3) is 5.91 Å². The monoisotopic (exact) mass is 816 g/mol. The molecule has 11 nitrogen and oxygen atoms in total. The summed E-state index contributed by atoms with van der Waals surface area (Å²) in [5.41, 5.74) is 12.9. The number of aliphatic hydroxyl groups is 1. The average molecular weight is 817 g/mol. The third-order valence-electron chi connectivity index (χ3n) is 4.83. The zero-order valence-corrected chi connectivity index (χ0v) is 30.5. The van der Waals surface area contributed by atoms with Gasteiger partial charge in [-0.25, -0.2) is 0 Å². The molecule has 1 atom stereocenters. The van der Waals surface area contributed by atoms with Crippen LogP contribution in [0, 0.1) is 17.8 Å². The summed E-state index contributed by atoms with van der Waals surface area (Å²) >= 11 is 0. The molecule has 0 saturated heterocycles. The SMILES string of the molecule is CC(C)C#CCO.CSSC(C)(COc1cccc(C(=O)NCCOCCOCCOCCCN)c1)OCCOC[NH-].[W]. The molecular weight excluding hydrogens is 766 g/mol. The molecule has 0 aromatic heterocycles. The standard InChI is InChI=1S/C23H40N3O7S2.C6H10O.W/c1-23(35-34-2,33-16-15-31-19-25)18-32-21-6-3-5-20(17-21)22(27)26-8-10-29-12-14-30-13-11-28-9-4-7-24;1-6(2)4-3-5-7;/h3,5-6,17,25H,4,7-16,18-19,24H2,1-2H3,(H,26,27);6-7H,5H2,1-2H3;/q-1;;. The van der Waals surface area contributed by atoms with Crippen molar-refractivity contribution >= 4 is 27.5 Å². The number of aliphatic hydroxyl groups excluding tert-OH is 1. The molecule has 1 rings (SSSR count). The van der Waals surface area contributed by atoms with Crippen LogP contribution in [0.1, 0.15) is 37.6 Å². The molecule has 248 valence electrons. The number of carbonyl (C=O) groups is 1. The van der Waals surface area contributed by atoms with E-state index in [1.54, 1.807) is 45.9 Å². The second-order valence-corrected chi connectivity index (χ2v) is 11.8. The van der Waals surface area contributed by atoms with E-state index in [2.05, 4.69) is 17.2 Å². The van der Waals surface area contributed by atoms with Crippen molar-refractivity contribution in [3.05, 3.63) is 35.6 Å². The summed E-state index contributed by atoms with van der Waals surface area (Å²) in [6.07, 6.45) is 2.82. The molecule has 0 heterocycles. The van der Waals surface area contributed by atoms with Gasteiger partial charge in [-0.05, 0) is 51.1 Å². The number of hydrogen-bond donors (Lipinski definition) is 3. The summed E-state index contributed by atoms with van der Waals surface area (Å²) in [5, 5.41) is 11.0. The van der Waals surface area contributed by atoms with Gasteiger partial charge < -0.3 is 50.3 Å². The molecule has 0 spiro atoms. The van der Waals surface area contributed by atoms with Gasteiger partial charge in [0.15, 0.2) is 4.93 Å². The molecule has 1 aromatic carbocycles. The number of ether oxygens (including phenoxy) is 6. The Hall–Kier alpha value is -0.882. The quantitative estimate of drug-likeness (QED) is 0.0643. The van der Waals surface area contributed by atoms with Gasteiger partial charge in [-0.2, -0.15) is 0 Å². The predicted molar refractivity (Wildman–Crippen MR) is 171 cm³/mol. The van der Waals surface area contributed by atoms with Crippen molar-refractivity contribution in [2.24, 2.45) is 11.7 Å². The third kappa shape index (κ3) is 27.2. The first kappa shape index (κ1) is 44.2. The minimum atomic E-state index is -0.596. The molecule has 1 amide bonds.